The average Bonchev–Trinajstić information content (AvgIpc) is 2.95. The number of nitrogens with one attached hydrogen (secondary N) is 1. The number of hydrogen-bond acceptors (Lipinski definition) is 4. The molecular formula is C31H35ClF3N3O4S. The van der Waals surface area contributed by atoms with Crippen LogP contribution in [0.4, 0.5) is 18.9 Å². The molecule has 3 aromatic carbocycles. The maximum absolute atomic E-state index is 13.8. The van der Waals surface area contributed by atoms with Gasteiger partial charge in [-0.25, -0.2) is 8.42 Å². The lowest BCUT2D eigenvalue weighted by atomic mass is 10.0. The Morgan fingerprint density at radius 1 is 0.953 bits per heavy atom. The molecule has 0 aromatic heterocycles. The second kappa shape index (κ2) is 15.2. The highest BCUT2D eigenvalue weighted by atomic mass is 35.5. The van der Waals surface area contributed by atoms with Gasteiger partial charge in [0, 0.05) is 37.5 Å². The lowest BCUT2D eigenvalue weighted by Crippen LogP contribution is -2.50. The zero-order valence-electron chi connectivity index (χ0n) is 24.0. The third-order valence-corrected chi connectivity index (χ3v) is 8.11. The Hall–Kier alpha value is -3.57. The first-order chi connectivity index (χ1) is 20.3. The van der Waals surface area contributed by atoms with Crippen molar-refractivity contribution in [3.8, 4) is 0 Å². The van der Waals surface area contributed by atoms with Gasteiger partial charge in [-0.2, -0.15) is 13.2 Å². The van der Waals surface area contributed by atoms with Gasteiger partial charge in [-0.15, -0.1) is 0 Å². The molecular weight excluding hydrogens is 603 g/mol. The molecule has 0 bridgehead atoms. The summed E-state index contributed by atoms with van der Waals surface area (Å²) in [6.07, 6.45) is -2.97. The summed E-state index contributed by atoms with van der Waals surface area (Å²) in [5.74, 6) is -0.743. The summed E-state index contributed by atoms with van der Waals surface area (Å²) in [7, 11) is -3.97. The SMILES string of the molecule is CCCNC(=O)[C@@H](Cc1ccccc1)N(Cc1cccc(Cl)c1)C(=O)CCCN(c1cccc(C(F)(F)F)c1)S(C)(=O)=O. The average molecular weight is 638 g/mol. The van der Waals surface area contributed by atoms with Gasteiger partial charge in [-0.05, 0) is 54.3 Å². The number of carbonyl (C=O) groups is 2. The van der Waals surface area contributed by atoms with E-state index in [1.165, 1.54) is 11.0 Å². The molecule has 0 saturated heterocycles. The molecule has 0 unspecified atom stereocenters. The van der Waals surface area contributed by atoms with Gasteiger partial charge in [0.15, 0.2) is 0 Å². The molecule has 12 heteroatoms. The summed E-state index contributed by atoms with van der Waals surface area (Å²) >= 11 is 6.19. The Balaban J connectivity index is 1.89. The lowest BCUT2D eigenvalue weighted by molar-refractivity contribution is -0.141. The Labute approximate surface area is 255 Å². The van der Waals surface area contributed by atoms with Crippen molar-refractivity contribution >= 4 is 39.1 Å². The van der Waals surface area contributed by atoms with E-state index in [4.69, 9.17) is 11.6 Å². The Morgan fingerprint density at radius 3 is 2.26 bits per heavy atom. The first kappa shape index (κ1) is 33.9. The monoisotopic (exact) mass is 637 g/mol. The van der Waals surface area contributed by atoms with E-state index in [-0.39, 0.29) is 43.9 Å². The van der Waals surface area contributed by atoms with Crippen LogP contribution in [0.1, 0.15) is 42.9 Å². The first-order valence-corrected chi connectivity index (χ1v) is 16.0. The van der Waals surface area contributed by atoms with Gasteiger partial charge in [0.2, 0.25) is 21.8 Å². The minimum absolute atomic E-state index is 0.00281. The number of rotatable bonds is 14. The lowest BCUT2D eigenvalue weighted by Gasteiger charge is -2.32. The third kappa shape index (κ3) is 10.3. The van der Waals surface area contributed by atoms with Crippen LogP contribution in [0.5, 0.6) is 0 Å². The number of benzene rings is 3. The van der Waals surface area contributed by atoms with Crippen LogP contribution < -0.4 is 9.62 Å². The van der Waals surface area contributed by atoms with Crippen LogP contribution >= 0.6 is 11.6 Å². The van der Waals surface area contributed by atoms with E-state index in [9.17, 15) is 31.2 Å². The summed E-state index contributed by atoms with van der Waals surface area (Å²) in [4.78, 5) is 28.7. The molecule has 0 heterocycles. The van der Waals surface area contributed by atoms with Gasteiger partial charge in [-0.3, -0.25) is 13.9 Å². The van der Waals surface area contributed by atoms with E-state index in [0.717, 1.165) is 34.3 Å². The van der Waals surface area contributed by atoms with Gasteiger partial charge >= 0.3 is 6.18 Å². The first-order valence-electron chi connectivity index (χ1n) is 13.8. The largest absolute Gasteiger partial charge is 0.416 e. The maximum atomic E-state index is 13.8. The summed E-state index contributed by atoms with van der Waals surface area (Å²) in [6, 6.07) is 19.3. The minimum Gasteiger partial charge on any atom is -0.354 e. The van der Waals surface area contributed by atoms with E-state index < -0.39 is 33.7 Å². The van der Waals surface area contributed by atoms with Crippen molar-refractivity contribution in [3.63, 3.8) is 0 Å². The Kier molecular flexibility index (Phi) is 12.0. The van der Waals surface area contributed by atoms with Crippen LogP contribution in [0.2, 0.25) is 5.02 Å². The van der Waals surface area contributed by atoms with E-state index >= 15 is 0 Å². The fourth-order valence-corrected chi connectivity index (χ4v) is 5.76. The van der Waals surface area contributed by atoms with Crippen molar-refractivity contribution in [2.45, 2.75) is 51.4 Å². The molecule has 2 amide bonds. The highest BCUT2D eigenvalue weighted by Crippen LogP contribution is 2.32. The minimum atomic E-state index is -4.65. The normalized spacial score (nSPS) is 12.4. The molecule has 1 atom stereocenters. The zero-order chi connectivity index (χ0) is 31.6. The second-order valence-corrected chi connectivity index (χ2v) is 12.5. The van der Waals surface area contributed by atoms with Crippen LogP contribution in [0.3, 0.4) is 0 Å². The van der Waals surface area contributed by atoms with Gasteiger partial charge in [0.05, 0.1) is 17.5 Å². The molecule has 1 N–H and O–H groups in total. The number of halogens is 4. The van der Waals surface area contributed by atoms with Gasteiger partial charge < -0.3 is 10.2 Å². The molecule has 0 aliphatic heterocycles. The van der Waals surface area contributed by atoms with Gasteiger partial charge in [0.1, 0.15) is 6.04 Å². The van der Waals surface area contributed by atoms with Gasteiger partial charge in [-0.1, -0.05) is 67.1 Å². The fraction of sp³-hybridized carbons (Fsp3) is 0.355. The van der Waals surface area contributed by atoms with E-state index in [1.54, 1.807) is 24.3 Å². The second-order valence-electron chi connectivity index (χ2n) is 10.1. The quantitative estimate of drug-likeness (QED) is 0.232. The number of hydrogen-bond donors (Lipinski definition) is 1. The molecule has 3 rings (SSSR count). The predicted molar refractivity (Wildman–Crippen MR) is 162 cm³/mol. The zero-order valence-corrected chi connectivity index (χ0v) is 25.6. The predicted octanol–water partition coefficient (Wildman–Crippen LogP) is 6.07. The van der Waals surface area contributed by atoms with E-state index in [1.807, 2.05) is 37.3 Å². The van der Waals surface area contributed by atoms with Crippen LogP contribution in [-0.4, -0.2) is 50.5 Å². The van der Waals surface area contributed by atoms with Gasteiger partial charge in [0.25, 0.3) is 0 Å². The smallest absolute Gasteiger partial charge is 0.354 e. The van der Waals surface area contributed by atoms with Crippen molar-refractivity contribution in [1.29, 1.82) is 0 Å². The topological polar surface area (TPSA) is 86.8 Å². The molecule has 0 aliphatic rings. The van der Waals surface area contributed by atoms with Crippen LogP contribution in [0, 0.1) is 0 Å². The molecule has 0 radical (unpaired) electrons. The third-order valence-electron chi connectivity index (χ3n) is 6.68. The van der Waals surface area contributed by atoms with Crippen molar-refractivity contribution in [1.82, 2.24) is 10.2 Å². The number of sulfonamides is 1. The van der Waals surface area contributed by atoms with E-state index in [0.29, 0.717) is 23.6 Å². The molecule has 0 fully saturated rings. The van der Waals surface area contributed by atoms with Crippen LogP contribution in [0.25, 0.3) is 0 Å². The molecule has 43 heavy (non-hydrogen) atoms. The number of amides is 2. The molecule has 232 valence electrons. The van der Waals surface area contributed by atoms with Crippen LogP contribution in [-0.2, 0) is 38.8 Å². The summed E-state index contributed by atoms with van der Waals surface area (Å²) < 4.78 is 65.9. The molecule has 0 spiro atoms. The number of anilines is 1. The maximum Gasteiger partial charge on any atom is 0.416 e. The summed E-state index contributed by atoms with van der Waals surface area (Å²) in [6.45, 7) is 2.17. The highest BCUT2D eigenvalue weighted by Gasteiger charge is 2.32. The number of nitrogens with zero attached hydrogens (tertiary/aromatic N) is 2. The van der Waals surface area contributed by atoms with Crippen molar-refractivity contribution in [3.05, 3.63) is 101 Å². The van der Waals surface area contributed by atoms with Crippen molar-refractivity contribution in [2.24, 2.45) is 0 Å². The summed E-state index contributed by atoms with van der Waals surface area (Å²) in [5.41, 5.74) is 0.408. The number of carbonyl (C=O) groups excluding carboxylic acids is 2. The molecule has 0 saturated carbocycles. The highest BCUT2D eigenvalue weighted by molar-refractivity contribution is 7.92. The Morgan fingerprint density at radius 2 is 1.63 bits per heavy atom. The van der Waals surface area contributed by atoms with Crippen molar-refractivity contribution in [2.75, 3.05) is 23.7 Å². The molecule has 3 aromatic rings. The fourth-order valence-electron chi connectivity index (χ4n) is 4.59. The standard InChI is InChI=1S/C31H35ClF3N3O4S/c1-3-17-36-30(40)28(20-23-10-5-4-6-11-23)37(22-24-12-7-14-26(32)19-24)29(39)16-9-18-38(43(2,41)42)27-15-8-13-25(21-27)31(33,34)35/h4-8,10-15,19,21,28H,3,9,16-18,20,22H2,1-2H3,(H,36,40)/t28-/m1/s1. The van der Waals surface area contributed by atoms with E-state index in [2.05, 4.69) is 5.32 Å². The summed E-state index contributed by atoms with van der Waals surface area (Å²) in [5, 5.41) is 3.34. The molecule has 0 aliphatic carbocycles. The number of alkyl halides is 3. The Bertz CT molecular complexity index is 1490. The molecule has 7 nitrogen and oxygen atoms in total. The van der Waals surface area contributed by atoms with Crippen LogP contribution in [0.15, 0.2) is 78.9 Å². The van der Waals surface area contributed by atoms with Crippen molar-refractivity contribution < 1.29 is 31.2 Å².